The number of nitrogens with one attached hydrogen (secondary N) is 2. The van der Waals surface area contributed by atoms with Crippen LogP contribution in [0.25, 0.3) is 0 Å². The molecule has 2 rings (SSSR count). The molecule has 0 bridgehead atoms. The maximum atomic E-state index is 12.3. The molecule has 0 spiro atoms. The van der Waals surface area contributed by atoms with Gasteiger partial charge >= 0.3 is 0 Å². The predicted octanol–water partition coefficient (Wildman–Crippen LogP) is 3.66. The van der Waals surface area contributed by atoms with Crippen LogP contribution in [0.15, 0.2) is 33.6 Å². The van der Waals surface area contributed by atoms with E-state index in [0.717, 1.165) is 23.0 Å². The van der Waals surface area contributed by atoms with E-state index in [1.54, 1.807) is 23.6 Å². The van der Waals surface area contributed by atoms with E-state index in [-0.39, 0.29) is 5.91 Å². The zero-order valence-corrected chi connectivity index (χ0v) is 13.6. The molecule has 0 unspecified atom stereocenters. The molecule has 0 atom stereocenters. The average Bonchev–Trinajstić information content (AvgIpc) is 2.96. The van der Waals surface area contributed by atoms with E-state index in [9.17, 15) is 4.79 Å². The van der Waals surface area contributed by atoms with Crippen LogP contribution in [-0.2, 0) is 6.54 Å². The van der Waals surface area contributed by atoms with E-state index in [1.165, 1.54) is 0 Å². The summed E-state index contributed by atoms with van der Waals surface area (Å²) < 4.78 is 0.792. The summed E-state index contributed by atoms with van der Waals surface area (Å²) in [6.45, 7) is 3.39. The smallest absolute Gasteiger partial charge is 0.255 e. The van der Waals surface area contributed by atoms with Gasteiger partial charge in [0, 0.05) is 23.8 Å². The first kappa shape index (κ1) is 15.0. The monoisotopic (exact) mass is 353 g/mol. The summed E-state index contributed by atoms with van der Waals surface area (Å²) in [4.78, 5) is 16.5. The number of halogens is 1. The minimum absolute atomic E-state index is 0.122. The number of rotatable bonds is 6. The van der Waals surface area contributed by atoms with Crippen LogP contribution in [0.2, 0.25) is 0 Å². The van der Waals surface area contributed by atoms with Crippen LogP contribution in [0.3, 0.4) is 0 Å². The van der Waals surface area contributed by atoms with Crippen LogP contribution in [0.1, 0.15) is 29.3 Å². The van der Waals surface area contributed by atoms with Crippen molar-refractivity contribution < 1.29 is 4.79 Å². The molecule has 0 aliphatic rings. The molecule has 4 nitrogen and oxygen atoms in total. The van der Waals surface area contributed by atoms with Crippen molar-refractivity contribution in [3.8, 4) is 0 Å². The first-order valence-corrected chi connectivity index (χ1v) is 8.13. The van der Waals surface area contributed by atoms with E-state index in [1.807, 2.05) is 16.8 Å². The van der Waals surface area contributed by atoms with Gasteiger partial charge in [-0.3, -0.25) is 4.79 Å². The normalized spacial score (nSPS) is 10.3. The second-order valence-corrected chi connectivity index (χ2v) is 5.99. The highest BCUT2D eigenvalue weighted by Gasteiger charge is 2.13. The lowest BCUT2D eigenvalue weighted by Crippen LogP contribution is -2.24. The topological polar surface area (TPSA) is 54.0 Å². The third-order valence-electron chi connectivity index (χ3n) is 2.67. The molecule has 20 heavy (non-hydrogen) atoms. The van der Waals surface area contributed by atoms with Crippen LogP contribution < -0.4 is 10.6 Å². The first-order chi connectivity index (χ1) is 9.70. The van der Waals surface area contributed by atoms with Gasteiger partial charge in [-0.2, -0.15) is 11.3 Å². The highest BCUT2D eigenvalue weighted by atomic mass is 79.9. The summed E-state index contributed by atoms with van der Waals surface area (Å²) in [5.74, 6) is 0.501. The number of aromatic nitrogens is 1. The molecule has 0 fully saturated rings. The molecule has 0 aromatic carbocycles. The van der Waals surface area contributed by atoms with Crippen LogP contribution in [0, 0.1) is 0 Å². The highest BCUT2D eigenvalue weighted by Crippen LogP contribution is 2.18. The van der Waals surface area contributed by atoms with E-state index in [4.69, 9.17) is 0 Å². The van der Waals surface area contributed by atoms with Crippen molar-refractivity contribution >= 4 is 39.0 Å². The van der Waals surface area contributed by atoms with E-state index < -0.39 is 0 Å². The second-order valence-electron chi connectivity index (χ2n) is 4.29. The molecular weight excluding hydrogens is 338 g/mol. The van der Waals surface area contributed by atoms with Gasteiger partial charge < -0.3 is 10.6 Å². The fourth-order valence-electron chi connectivity index (χ4n) is 1.67. The van der Waals surface area contributed by atoms with Gasteiger partial charge in [0.15, 0.2) is 0 Å². The van der Waals surface area contributed by atoms with Crippen molar-refractivity contribution in [2.45, 2.75) is 19.9 Å². The van der Waals surface area contributed by atoms with Crippen molar-refractivity contribution in [2.75, 3.05) is 11.9 Å². The number of carbonyl (C=O) groups excluding carboxylic acids is 1. The van der Waals surface area contributed by atoms with Crippen molar-refractivity contribution in [1.82, 2.24) is 10.3 Å². The number of amides is 1. The molecule has 2 heterocycles. The molecule has 2 aromatic heterocycles. The predicted molar refractivity (Wildman–Crippen MR) is 86.2 cm³/mol. The maximum Gasteiger partial charge on any atom is 0.255 e. The Morgan fingerprint density at radius 1 is 1.50 bits per heavy atom. The van der Waals surface area contributed by atoms with Gasteiger partial charge in [-0.05, 0) is 50.8 Å². The summed E-state index contributed by atoms with van der Waals surface area (Å²) >= 11 is 4.97. The Bertz CT molecular complexity index is 572. The lowest BCUT2D eigenvalue weighted by molar-refractivity contribution is 0.0951. The summed E-state index contributed by atoms with van der Waals surface area (Å²) in [6.07, 6.45) is 2.67. The van der Waals surface area contributed by atoms with Gasteiger partial charge in [0.25, 0.3) is 5.91 Å². The van der Waals surface area contributed by atoms with E-state index in [2.05, 4.69) is 38.5 Å². The van der Waals surface area contributed by atoms with E-state index >= 15 is 0 Å². The van der Waals surface area contributed by atoms with Crippen molar-refractivity contribution in [3.63, 3.8) is 0 Å². The third-order valence-corrected chi connectivity index (χ3v) is 3.84. The number of hydrogen-bond donors (Lipinski definition) is 2. The molecule has 2 N–H and O–H groups in total. The molecule has 0 saturated heterocycles. The Kier molecular flexibility index (Phi) is 5.55. The maximum absolute atomic E-state index is 12.3. The number of hydrogen-bond acceptors (Lipinski definition) is 4. The molecule has 1 amide bonds. The standard InChI is InChI=1S/C14H16BrN3OS/c1-2-4-16-13-12(6-11(15)8-17-13)14(19)18-7-10-3-5-20-9-10/h3,5-6,8-9H,2,4,7H2,1H3,(H,16,17)(H,18,19). The minimum atomic E-state index is -0.122. The van der Waals surface area contributed by atoms with Crippen LogP contribution in [0.4, 0.5) is 5.82 Å². The number of nitrogens with zero attached hydrogens (tertiary/aromatic N) is 1. The quantitative estimate of drug-likeness (QED) is 0.833. The molecular formula is C14H16BrN3OS. The van der Waals surface area contributed by atoms with Crippen molar-refractivity contribution in [3.05, 3.63) is 44.7 Å². The minimum Gasteiger partial charge on any atom is -0.369 e. The molecule has 6 heteroatoms. The zero-order valence-electron chi connectivity index (χ0n) is 11.1. The SMILES string of the molecule is CCCNc1ncc(Br)cc1C(=O)NCc1ccsc1. The van der Waals surface area contributed by atoms with Crippen LogP contribution >= 0.6 is 27.3 Å². The summed E-state index contributed by atoms with van der Waals surface area (Å²) in [5, 5.41) is 10.1. The molecule has 0 saturated carbocycles. The summed E-state index contributed by atoms with van der Waals surface area (Å²) in [7, 11) is 0. The van der Waals surface area contributed by atoms with Gasteiger partial charge in [0.05, 0.1) is 5.56 Å². The summed E-state index contributed by atoms with van der Waals surface area (Å²) in [5.41, 5.74) is 1.66. The van der Waals surface area contributed by atoms with Crippen molar-refractivity contribution in [1.29, 1.82) is 0 Å². The van der Waals surface area contributed by atoms with Gasteiger partial charge in [0.1, 0.15) is 5.82 Å². The Morgan fingerprint density at radius 2 is 2.35 bits per heavy atom. The lowest BCUT2D eigenvalue weighted by Gasteiger charge is -2.11. The lowest BCUT2D eigenvalue weighted by atomic mass is 10.2. The average molecular weight is 354 g/mol. The largest absolute Gasteiger partial charge is 0.369 e. The number of thiophene rings is 1. The van der Waals surface area contributed by atoms with Gasteiger partial charge in [-0.15, -0.1) is 0 Å². The highest BCUT2D eigenvalue weighted by molar-refractivity contribution is 9.10. The number of anilines is 1. The Hall–Kier alpha value is -1.40. The summed E-state index contributed by atoms with van der Waals surface area (Å²) in [6, 6.07) is 3.79. The van der Waals surface area contributed by atoms with Crippen LogP contribution in [0.5, 0.6) is 0 Å². The molecule has 0 aliphatic carbocycles. The fourth-order valence-corrected chi connectivity index (χ4v) is 2.67. The van der Waals surface area contributed by atoms with E-state index in [0.29, 0.717) is 17.9 Å². The molecule has 0 aliphatic heterocycles. The first-order valence-electron chi connectivity index (χ1n) is 6.39. The Balaban J connectivity index is 2.08. The zero-order chi connectivity index (χ0) is 14.4. The Morgan fingerprint density at radius 3 is 3.05 bits per heavy atom. The second kappa shape index (κ2) is 7.40. The fraction of sp³-hybridized carbons (Fsp3) is 0.286. The number of pyridine rings is 1. The van der Waals surface area contributed by atoms with Crippen LogP contribution in [-0.4, -0.2) is 17.4 Å². The third kappa shape index (κ3) is 4.05. The Labute approximate surface area is 130 Å². The van der Waals surface area contributed by atoms with Gasteiger partial charge in [-0.1, -0.05) is 6.92 Å². The van der Waals surface area contributed by atoms with Crippen molar-refractivity contribution in [2.24, 2.45) is 0 Å². The van der Waals surface area contributed by atoms with Gasteiger partial charge in [-0.25, -0.2) is 4.98 Å². The van der Waals surface area contributed by atoms with Gasteiger partial charge in [0.2, 0.25) is 0 Å². The molecule has 0 radical (unpaired) electrons. The molecule has 106 valence electrons. The molecule has 2 aromatic rings. The number of carbonyl (C=O) groups is 1.